The second-order valence-corrected chi connectivity index (χ2v) is 12.5. The number of methoxy groups -OCH3 is 1. The number of ether oxygens (including phenoxy) is 1. The van der Waals surface area contributed by atoms with Crippen molar-refractivity contribution in [2.75, 3.05) is 18.9 Å². The first-order chi connectivity index (χ1) is 23.6. The minimum atomic E-state index is -0.817. The Kier molecular flexibility index (Phi) is 16.5. The first kappa shape index (κ1) is 39.4. The number of rotatable bonds is 14. The van der Waals surface area contributed by atoms with E-state index >= 15 is 0 Å². The van der Waals surface area contributed by atoms with Crippen molar-refractivity contribution in [3.63, 3.8) is 0 Å². The molecule has 9 nitrogen and oxygen atoms in total. The minimum absolute atomic E-state index is 0.323. The number of nitrogens with one attached hydrogen (secondary N) is 2. The summed E-state index contributed by atoms with van der Waals surface area (Å²) in [7, 11) is 1.58. The number of aromatic nitrogens is 2. The van der Waals surface area contributed by atoms with Gasteiger partial charge in [-0.15, -0.1) is 23.2 Å². The van der Waals surface area contributed by atoms with E-state index in [1.54, 1.807) is 68.0 Å². The van der Waals surface area contributed by atoms with Crippen LogP contribution in [-0.4, -0.2) is 51.3 Å². The second kappa shape index (κ2) is 20.5. The summed E-state index contributed by atoms with van der Waals surface area (Å²) >= 11 is 23.0. The normalized spacial score (nSPS) is 12.0. The van der Waals surface area contributed by atoms with Crippen LogP contribution in [0.3, 0.4) is 0 Å². The van der Waals surface area contributed by atoms with Crippen LogP contribution in [-0.2, 0) is 14.4 Å². The fourth-order valence-electron chi connectivity index (χ4n) is 4.82. The van der Waals surface area contributed by atoms with Crippen LogP contribution in [0, 0.1) is 6.92 Å². The van der Waals surface area contributed by atoms with E-state index in [0.29, 0.717) is 53.2 Å². The zero-order valence-corrected chi connectivity index (χ0v) is 30.1. The number of halogens is 4. The molecule has 2 unspecified atom stereocenters. The number of alkyl halides is 2. The standard InChI is InChI=1S/C25H26Cl2N4O3.C11H12Cl2O2/c1-17-15-31(16-28-17)22-11-5-18(14-23(22)34-2)6-12-24(32)29-30-25(33)21(4-3-13-26)19-7-9-20(27)10-8-19;12-7-1-2-10(11(14)15)8-3-5-9(13)6-4-8/h5-12,14-16,21H,3-4,13H2,1-2H3,(H,29,32)(H,30,33);3-6,10H,1-2,7H2,(H,14,15)/b12-6+;. The number of hydrogen-bond donors (Lipinski definition) is 3. The van der Waals surface area contributed by atoms with Crippen LogP contribution < -0.4 is 15.6 Å². The zero-order valence-electron chi connectivity index (χ0n) is 27.0. The summed E-state index contributed by atoms with van der Waals surface area (Å²) < 4.78 is 7.35. The maximum Gasteiger partial charge on any atom is 0.310 e. The van der Waals surface area contributed by atoms with Gasteiger partial charge in [0.15, 0.2) is 0 Å². The van der Waals surface area contributed by atoms with E-state index < -0.39 is 23.7 Å². The molecule has 2 atom stereocenters. The van der Waals surface area contributed by atoms with Crippen molar-refractivity contribution in [2.45, 2.75) is 44.4 Å². The van der Waals surface area contributed by atoms with Crippen LogP contribution in [0.15, 0.2) is 85.3 Å². The Morgan fingerprint density at radius 3 is 1.96 bits per heavy atom. The number of aliphatic carboxylic acids is 1. The van der Waals surface area contributed by atoms with Crippen molar-refractivity contribution in [3.05, 3.63) is 118 Å². The van der Waals surface area contributed by atoms with Gasteiger partial charge in [-0.2, -0.15) is 0 Å². The molecule has 260 valence electrons. The van der Waals surface area contributed by atoms with E-state index in [1.165, 1.54) is 6.08 Å². The number of carboxylic acid groups (broad SMARTS) is 1. The number of imidazole rings is 1. The Morgan fingerprint density at radius 2 is 1.45 bits per heavy atom. The van der Waals surface area contributed by atoms with Crippen molar-refractivity contribution in [1.29, 1.82) is 0 Å². The molecule has 13 heteroatoms. The fraction of sp³-hybridized carbons (Fsp3) is 0.278. The predicted molar refractivity (Wildman–Crippen MR) is 196 cm³/mol. The maximum atomic E-state index is 12.7. The van der Waals surface area contributed by atoms with Gasteiger partial charge >= 0.3 is 5.97 Å². The Balaban J connectivity index is 0.000000362. The molecule has 0 aliphatic rings. The monoisotopic (exact) mass is 746 g/mol. The number of carbonyl (C=O) groups excluding carboxylic acids is 2. The minimum Gasteiger partial charge on any atom is -0.495 e. The third-order valence-corrected chi connectivity index (χ3v) is 8.38. The van der Waals surface area contributed by atoms with Crippen LogP contribution in [0.25, 0.3) is 11.8 Å². The van der Waals surface area contributed by atoms with Gasteiger partial charge in [-0.3, -0.25) is 25.2 Å². The van der Waals surface area contributed by atoms with Gasteiger partial charge in [0.05, 0.1) is 36.7 Å². The highest BCUT2D eigenvalue weighted by Crippen LogP contribution is 2.26. The summed E-state index contributed by atoms with van der Waals surface area (Å²) in [6, 6.07) is 19.5. The van der Waals surface area contributed by atoms with E-state index in [9.17, 15) is 14.4 Å². The highest BCUT2D eigenvalue weighted by molar-refractivity contribution is 6.30. The lowest BCUT2D eigenvalue weighted by atomic mass is 9.94. The second-order valence-electron chi connectivity index (χ2n) is 10.9. The highest BCUT2D eigenvalue weighted by Gasteiger charge is 2.21. The van der Waals surface area contributed by atoms with Gasteiger partial charge in [-0.05, 0) is 91.8 Å². The average Bonchev–Trinajstić information content (AvgIpc) is 3.54. The Bertz CT molecular complexity index is 1690. The number of nitrogens with zero attached hydrogens (tertiary/aromatic N) is 2. The van der Waals surface area contributed by atoms with Gasteiger partial charge in [0.1, 0.15) is 5.75 Å². The molecule has 1 aromatic heterocycles. The SMILES string of the molecule is COc1cc(/C=C/C(=O)NNC(=O)C(CCCCl)c2ccc(Cl)cc2)ccc1-n1cnc(C)c1.O=C(O)C(CCCCl)c1ccc(Cl)cc1. The molecule has 0 bridgehead atoms. The number of carbonyl (C=O) groups is 3. The smallest absolute Gasteiger partial charge is 0.310 e. The third kappa shape index (κ3) is 12.7. The van der Waals surface area contributed by atoms with Gasteiger partial charge in [-0.1, -0.05) is 53.5 Å². The molecular weight excluding hydrogens is 710 g/mol. The lowest BCUT2D eigenvalue weighted by Crippen LogP contribution is -2.43. The summed E-state index contributed by atoms with van der Waals surface area (Å²) in [6.45, 7) is 1.91. The fourth-order valence-corrected chi connectivity index (χ4v) is 5.38. The highest BCUT2D eigenvalue weighted by atomic mass is 35.5. The van der Waals surface area contributed by atoms with Gasteiger partial charge < -0.3 is 14.4 Å². The van der Waals surface area contributed by atoms with Gasteiger partial charge in [0, 0.05) is 34.1 Å². The van der Waals surface area contributed by atoms with Crippen LogP contribution in [0.2, 0.25) is 10.0 Å². The summed E-state index contributed by atoms with van der Waals surface area (Å²) in [5.41, 5.74) is 9.00. The van der Waals surface area contributed by atoms with Crippen LogP contribution in [0.1, 0.15) is 59.9 Å². The molecule has 0 spiro atoms. The van der Waals surface area contributed by atoms with Gasteiger partial charge in [0.25, 0.3) is 5.91 Å². The molecule has 3 aromatic carbocycles. The zero-order chi connectivity index (χ0) is 35.8. The molecule has 4 aromatic rings. The number of aryl methyl sites for hydroxylation is 1. The molecular formula is C36H38Cl4N4O5. The summed E-state index contributed by atoms with van der Waals surface area (Å²) in [6.07, 6.45) is 9.04. The molecule has 0 aliphatic carbocycles. The Labute approximate surface area is 306 Å². The van der Waals surface area contributed by atoms with E-state index in [0.717, 1.165) is 28.1 Å². The number of benzene rings is 3. The van der Waals surface area contributed by atoms with Crippen molar-refractivity contribution >= 4 is 70.3 Å². The quantitative estimate of drug-likeness (QED) is 0.0678. The third-order valence-electron chi connectivity index (χ3n) is 7.34. The lowest BCUT2D eigenvalue weighted by molar-refractivity contribution is -0.139. The predicted octanol–water partition coefficient (Wildman–Crippen LogP) is 8.33. The lowest BCUT2D eigenvalue weighted by Gasteiger charge is -2.17. The van der Waals surface area contributed by atoms with Gasteiger partial charge in [-0.25, -0.2) is 4.98 Å². The largest absolute Gasteiger partial charge is 0.495 e. The molecule has 4 rings (SSSR count). The first-order valence-corrected chi connectivity index (χ1v) is 17.2. The summed E-state index contributed by atoms with van der Waals surface area (Å²) in [5.74, 6) is -0.984. The van der Waals surface area contributed by atoms with Crippen LogP contribution in [0.5, 0.6) is 5.75 Å². The average molecular weight is 749 g/mol. The number of carboxylic acids is 1. The Hall–Kier alpha value is -4.02. The van der Waals surface area contributed by atoms with E-state index in [2.05, 4.69) is 15.8 Å². The molecule has 3 N–H and O–H groups in total. The molecule has 0 saturated heterocycles. The van der Waals surface area contributed by atoms with Crippen LogP contribution in [0.4, 0.5) is 0 Å². The molecule has 2 amide bonds. The van der Waals surface area contributed by atoms with E-state index in [4.69, 9.17) is 56.2 Å². The number of hydrogen-bond acceptors (Lipinski definition) is 5. The van der Waals surface area contributed by atoms with E-state index in [1.807, 2.05) is 35.9 Å². The molecule has 49 heavy (non-hydrogen) atoms. The maximum absolute atomic E-state index is 12.7. The molecule has 0 fully saturated rings. The molecule has 1 heterocycles. The Morgan fingerprint density at radius 1 is 0.878 bits per heavy atom. The molecule has 0 radical (unpaired) electrons. The van der Waals surface area contributed by atoms with Crippen LogP contribution >= 0.6 is 46.4 Å². The van der Waals surface area contributed by atoms with Crippen molar-refractivity contribution in [3.8, 4) is 11.4 Å². The number of amides is 2. The first-order valence-electron chi connectivity index (χ1n) is 15.4. The molecule has 0 aliphatic heterocycles. The van der Waals surface area contributed by atoms with Crippen molar-refractivity contribution in [1.82, 2.24) is 20.4 Å². The van der Waals surface area contributed by atoms with E-state index in [-0.39, 0.29) is 5.91 Å². The van der Waals surface area contributed by atoms with Gasteiger partial charge in [0.2, 0.25) is 5.91 Å². The van der Waals surface area contributed by atoms with Crippen molar-refractivity contribution in [2.24, 2.45) is 0 Å². The topological polar surface area (TPSA) is 123 Å². The number of hydrazine groups is 1. The summed E-state index contributed by atoms with van der Waals surface area (Å²) in [5, 5.41) is 10.2. The molecule has 0 saturated carbocycles. The van der Waals surface area contributed by atoms with Crippen molar-refractivity contribution < 1.29 is 24.2 Å². The summed E-state index contributed by atoms with van der Waals surface area (Å²) in [4.78, 5) is 40.3.